The number of piperazine rings is 1. The molecule has 1 N–H and O–H groups in total. The van der Waals surface area contributed by atoms with E-state index in [0.29, 0.717) is 38.5 Å². The molecule has 2 heterocycles. The predicted molar refractivity (Wildman–Crippen MR) is 78.7 cm³/mol. The van der Waals surface area contributed by atoms with Gasteiger partial charge in [-0.05, 0) is 25.7 Å². The summed E-state index contributed by atoms with van der Waals surface area (Å²) in [7, 11) is 0. The monoisotopic (exact) mass is 328 g/mol. The van der Waals surface area contributed by atoms with Crippen LogP contribution in [-0.4, -0.2) is 62.1 Å². The summed E-state index contributed by atoms with van der Waals surface area (Å²) in [6.07, 6.45) is 4.44. The summed E-state index contributed by atoms with van der Waals surface area (Å²) in [5.41, 5.74) is -1.27. The number of halogens is 2. The summed E-state index contributed by atoms with van der Waals surface area (Å²) in [6, 6.07) is 0. The van der Waals surface area contributed by atoms with Crippen molar-refractivity contribution in [2.24, 2.45) is 5.92 Å². The van der Waals surface area contributed by atoms with Gasteiger partial charge in [0.05, 0.1) is 6.54 Å². The molecular formula is C15H22F2N4O2. The molecule has 0 aromatic carbocycles. The Kier molecular flexibility index (Phi) is 4.37. The smallest absolute Gasteiger partial charge is 0.319 e. The van der Waals surface area contributed by atoms with Crippen molar-refractivity contribution in [3.63, 3.8) is 0 Å². The average Bonchev–Trinajstić information content (AvgIpc) is 3.28. The molecule has 1 aromatic heterocycles. The minimum atomic E-state index is -2.59. The van der Waals surface area contributed by atoms with Gasteiger partial charge >= 0.3 is 6.55 Å². The third-order valence-electron chi connectivity index (χ3n) is 4.79. The Balaban J connectivity index is 1.54. The molecule has 1 aromatic rings. The van der Waals surface area contributed by atoms with Gasteiger partial charge in [0.2, 0.25) is 0 Å². The molecular weight excluding hydrogens is 306 g/mol. The second kappa shape index (κ2) is 6.16. The first kappa shape index (κ1) is 16.3. The summed E-state index contributed by atoms with van der Waals surface area (Å²) in [4.78, 5) is 20.1. The molecule has 1 unspecified atom stereocenters. The van der Waals surface area contributed by atoms with Crippen molar-refractivity contribution < 1.29 is 18.7 Å². The summed E-state index contributed by atoms with van der Waals surface area (Å²) in [5, 5.41) is 10.3. The lowest BCUT2D eigenvalue weighted by molar-refractivity contribution is -0.153. The molecule has 2 fully saturated rings. The van der Waals surface area contributed by atoms with Crippen LogP contribution in [0.3, 0.4) is 0 Å². The number of nitrogens with zero attached hydrogens (tertiary/aromatic N) is 4. The van der Waals surface area contributed by atoms with E-state index in [2.05, 4.69) is 4.98 Å². The van der Waals surface area contributed by atoms with Crippen molar-refractivity contribution in [2.45, 2.75) is 38.5 Å². The summed E-state index contributed by atoms with van der Waals surface area (Å²) >= 11 is 0. The molecule has 3 rings (SSSR count). The van der Waals surface area contributed by atoms with E-state index < -0.39 is 12.2 Å². The molecule has 0 spiro atoms. The Bertz CT molecular complexity index is 564. The first-order valence-electron chi connectivity index (χ1n) is 7.93. The lowest BCUT2D eigenvalue weighted by Crippen LogP contribution is -2.55. The number of hydrogen-bond acceptors (Lipinski definition) is 4. The van der Waals surface area contributed by atoms with Gasteiger partial charge in [-0.15, -0.1) is 0 Å². The zero-order valence-corrected chi connectivity index (χ0v) is 13.2. The van der Waals surface area contributed by atoms with Gasteiger partial charge in [-0.25, -0.2) is 4.98 Å². The highest BCUT2D eigenvalue weighted by molar-refractivity contribution is 5.85. The third-order valence-corrected chi connectivity index (χ3v) is 4.79. The lowest BCUT2D eigenvalue weighted by atomic mass is 9.98. The van der Waals surface area contributed by atoms with Crippen LogP contribution >= 0.6 is 0 Å². The normalized spacial score (nSPS) is 22.4. The zero-order chi connectivity index (χ0) is 16.6. The van der Waals surface area contributed by atoms with Gasteiger partial charge in [0, 0.05) is 38.6 Å². The van der Waals surface area contributed by atoms with Crippen molar-refractivity contribution in [3.05, 3.63) is 18.2 Å². The van der Waals surface area contributed by atoms with E-state index in [1.807, 2.05) is 4.90 Å². The van der Waals surface area contributed by atoms with E-state index in [4.69, 9.17) is 0 Å². The van der Waals surface area contributed by atoms with E-state index >= 15 is 0 Å². The molecule has 0 bridgehead atoms. The highest BCUT2D eigenvalue weighted by Crippen LogP contribution is 2.40. The van der Waals surface area contributed by atoms with Gasteiger partial charge < -0.3 is 10.0 Å². The van der Waals surface area contributed by atoms with Crippen LogP contribution in [0.15, 0.2) is 12.4 Å². The number of aliphatic hydroxyl groups is 1. The third kappa shape index (κ3) is 3.37. The van der Waals surface area contributed by atoms with E-state index in [1.54, 1.807) is 11.8 Å². The van der Waals surface area contributed by atoms with Gasteiger partial charge in [0.15, 0.2) is 0 Å². The molecule has 0 radical (unpaired) electrons. The molecule has 6 nitrogen and oxygen atoms in total. The van der Waals surface area contributed by atoms with Crippen LogP contribution in [0.25, 0.3) is 0 Å². The second-order valence-corrected chi connectivity index (χ2v) is 6.52. The first-order valence-corrected chi connectivity index (χ1v) is 7.93. The van der Waals surface area contributed by atoms with Crippen LogP contribution in [0, 0.1) is 5.92 Å². The predicted octanol–water partition coefficient (Wildman–Crippen LogP) is 1.08. The molecule has 1 atom stereocenters. The number of imidazole rings is 1. The minimum absolute atomic E-state index is 0.0755. The molecule has 1 aliphatic carbocycles. The number of aromatic nitrogens is 2. The Hall–Kier alpha value is -1.54. The van der Waals surface area contributed by atoms with E-state index in [0.717, 1.165) is 17.4 Å². The topological polar surface area (TPSA) is 61.6 Å². The Morgan fingerprint density at radius 1 is 1.39 bits per heavy atom. The zero-order valence-electron chi connectivity index (χ0n) is 13.2. The Morgan fingerprint density at radius 3 is 2.61 bits per heavy atom. The van der Waals surface area contributed by atoms with Crippen LogP contribution in [0.1, 0.15) is 32.1 Å². The minimum Gasteiger partial charge on any atom is -0.380 e. The standard InChI is InChI=1S/C15H22F2N4O2/c1-15(23,11-2-3-11)13(22)20-8-6-19(7-9-20)10-12-18-4-5-21(12)14(16)17/h4-5,11,14,23H,2-3,6-10H2,1H3. The van der Waals surface area contributed by atoms with Crippen LogP contribution in [0.4, 0.5) is 8.78 Å². The molecule has 1 aliphatic heterocycles. The summed E-state index contributed by atoms with van der Waals surface area (Å²) in [6.45, 7) is 1.50. The highest BCUT2D eigenvalue weighted by atomic mass is 19.3. The van der Waals surface area contributed by atoms with E-state index in [-0.39, 0.29) is 11.8 Å². The molecule has 1 saturated heterocycles. The summed E-state index contributed by atoms with van der Waals surface area (Å²) in [5.74, 6) is 0.185. The van der Waals surface area contributed by atoms with Gasteiger partial charge in [0.1, 0.15) is 11.4 Å². The maximum atomic E-state index is 12.8. The van der Waals surface area contributed by atoms with Crippen LogP contribution in [0.5, 0.6) is 0 Å². The van der Waals surface area contributed by atoms with Gasteiger partial charge in [-0.1, -0.05) is 0 Å². The van der Waals surface area contributed by atoms with E-state index in [1.165, 1.54) is 12.4 Å². The summed E-state index contributed by atoms with van der Waals surface area (Å²) < 4.78 is 26.5. The van der Waals surface area contributed by atoms with Crippen LogP contribution in [-0.2, 0) is 11.3 Å². The number of alkyl halides is 2. The van der Waals surface area contributed by atoms with Gasteiger partial charge in [0.25, 0.3) is 5.91 Å². The van der Waals surface area contributed by atoms with Crippen molar-refractivity contribution in [1.82, 2.24) is 19.4 Å². The van der Waals surface area contributed by atoms with Crippen LogP contribution < -0.4 is 0 Å². The highest BCUT2D eigenvalue weighted by Gasteiger charge is 2.47. The van der Waals surface area contributed by atoms with E-state index in [9.17, 15) is 18.7 Å². The first-order chi connectivity index (χ1) is 10.9. The van der Waals surface area contributed by atoms with Crippen molar-refractivity contribution in [3.8, 4) is 0 Å². The fourth-order valence-corrected chi connectivity index (χ4v) is 3.09. The van der Waals surface area contributed by atoms with Crippen molar-refractivity contribution in [1.29, 1.82) is 0 Å². The average molecular weight is 328 g/mol. The van der Waals surface area contributed by atoms with Crippen molar-refractivity contribution >= 4 is 5.91 Å². The number of carbonyl (C=O) groups excluding carboxylic acids is 1. The molecule has 2 aliphatic rings. The largest absolute Gasteiger partial charge is 0.380 e. The number of rotatable bonds is 5. The lowest BCUT2D eigenvalue weighted by Gasteiger charge is -2.38. The van der Waals surface area contributed by atoms with Crippen molar-refractivity contribution in [2.75, 3.05) is 26.2 Å². The number of carbonyl (C=O) groups is 1. The molecule has 1 saturated carbocycles. The maximum absolute atomic E-state index is 12.8. The fourth-order valence-electron chi connectivity index (χ4n) is 3.09. The SMILES string of the molecule is CC(O)(C(=O)N1CCN(Cc2nccn2C(F)F)CC1)C1CC1. The number of hydrogen-bond donors (Lipinski definition) is 1. The fraction of sp³-hybridized carbons (Fsp3) is 0.733. The second-order valence-electron chi connectivity index (χ2n) is 6.52. The molecule has 1 amide bonds. The molecule has 128 valence electrons. The Morgan fingerprint density at radius 2 is 2.04 bits per heavy atom. The molecule has 23 heavy (non-hydrogen) atoms. The Labute approximate surface area is 133 Å². The maximum Gasteiger partial charge on any atom is 0.319 e. The van der Waals surface area contributed by atoms with Gasteiger partial charge in [-0.2, -0.15) is 8.78 Å². The number of amides is 1. The molecule has 8 heteroatoms. The van der Waals surface area contributed by atoms with Crippen LogP contribution in [0.2, 0.25) is 0 Å². The van der Waals surface area contributed by atoms with Gasteiger partial charge in [-0.3, -0.25) is 14.3 Å². The quantitative estimate of drug-likeness (QED) is 0.879.